The Morgan fingerprint density at radius 2 is 2.33 bits per heavy atom. The second-order valence-electron chi connectivity index (χ2n) is 5.73. The van der Waals surface area contributed by atoms with Crippen molar-refractivity contribution < 1.29 is 9.59 Å². The number of hydrogen-bond donors (Lipinski definition) is 2. The van der Waals surface area contributed by atoms with E-state index in [1.165, 1.54) is 16.0 Å². The summed E-state index contributed by atoms with van der Waals surface area (Å²) in [5.41, 5.74) is 5.58. The third kappa shape index (κ3) is 3.88. The van der Waals surface area contributed by atoms with Crippen LogP contribution < -0.4 is 11.1 Å². The molecule has 3 rings (SSSR count). The largest absolute Gasteiger partial charge is 0.367 e. The minimum Gasteiger partial charge on any atom is -0.367 e. The van der Waals surface area contributed by atoms with Crippen molar-refractivity contribution in [2.24, 2.45) is 5.92 Å². The molecule has 1 aliphatic rings. The Labute approximate surface area is 142 Å². The Morgan fingerprint density at radius 3 is 3.04 bits per heavy atom. The molecule has 0 aliphatic carbocycles. The number of carbonyl (C=O) groups excluding carboxylic acids is 2. The number of nitrogens with zero attached hydrogens (tertiary/aromatic N) is 5. The summed E-state index contributed by atoms with van der Waals surface area (Å²) in [6, 6.07) is 3.65. The summed E-state index contributed by atoms with van der Waals surface area (Å²) >= 11 is 1.42. The first-order valence-corrected chi connectivity index (χ1v) is 8.62. The second-order valence-corrected chi connectivity index (χ2v) is 6.68. The molecule has 1 aliphatic heterocycles. The first-order chi connectivity index (χ1) is 11.6. The fourth-order valence-electron chi connectivity index (χ4n) is 2.74. The lowest BCUT2D eigenvalue weighted by molar-refractivity contribution is -0.133. The van der Waals surface area contributed by atoms with E-state index in [0.29, 0.717) is 24.5 Å². The summed E-state index contributed by atoms with van der Waals surface area (Å²) in [5, 5.41) is 15.5. The number of anilines is 1. The zero-order valence-electron chi connectivity index (χ0n) is 13.1. The van der Waals surface area contributed by atoms with E-state index in [0.717, 1.165) is 12.8 Å². The van der Waals surface area contributed by atoms with Gasteiger partial charge in [-0.25, -0.2) is 4.68 Å². The van der Waals surface area contributed by atoms with Gasteiger partial charge in [-0.15, -0.1) is 11.3 Å². The third-order valence-electron chi connectivity index (χ3n) is 4.01. The van der Waals surface area contributed by atoms with E-state index < -0.39 is 0 Å². The zero-order chi connectivity index (χ0) is 16.9. The molecule has 1 atom stereocenters. The molecule has 0 saturated carbocycles. The molecule has 3 heterocycles. The SMILES string of the molecule is Nc1nnnn1CC(=O)N1CCC[C@@H](CNC(=O)c2cccs2)C1. The number of amides is 2. The van der Waals surface area contributed by atoms with Gasteiger partial charge in [0.2, 0.25) is 11.9 Å². The average Bonchev–Trinajstić information content (AvgIpc) is 3.25. The van der Waals surface area contributed by atoms with E-state index >= 15 is 0 Å². The molecule has 2 aromatic rings. The van der Waals surface area contributed by atoms with Crippen molar-refractivity contribution in [3.05, 3.63) is 22.4 Å². The van der Waals surface area contributed by atoms with Gasteiger partial charge in [0.25, 0.3) is 5.91 Å². The van der Waals surface area contributed by atoms with Gasteiger partial charge in [-0.1, -0.05) is 11.2 Å². The third-order valence-corrected chi connectivity index (χ3v) is 4.88. The number of carbonyl (C=O) groups is 2. The minimum atomic E-state index is -0.0664. The Hall–Kier alpha value is -2.49. The molecule has 128 valence electrons. The van der Waals surface area contributed by atoms with Gasteiger partial charge in [0.15, 0.2) is 0 Å². The maximum atomic E-state index is 12.4. The van der Waals surface area contributed by atoms with Crippen LogP contribution in [0.1, 0.15) is 22.5 Å². The molecular formula is C14H19N7O2S. The van der Waals surface area contributed by atoms with E-state index in [4.69, 9.17) is 5.73 Å². The fraction of sp³-hybridized carbons (Fsp3) is 0.500. The fourth-order valence-corrected chi connectivity index (χ4v) is 3.38. The van der Waals surface area contributed by atoms with Gasteiger partial charge in [-0.05, 0) is 40.6 Å². The highest BCUT2D eigenvalue weighted by Gasteiger charge is 2.25. The van der Waals surface area contributed by atoms with Crippen molar-refractivity contribution in [2.45, 2.75) is 19.4 Å². The Balaban J connectivity index is 1.49. The molecule has 2 aromatic heterocycles. The predicted octanol–water partition coefficient (Wildman–Crippen LogP) is -0.0146. The lowest BCUT2D eigenvalue weighted by Crippen LogP contribution is -2.44. The summed E-state index contributed by atoms with van der Waals surface area (Å²) in [6.07, 6.45) is 1.90. The van der Waals surface area contributed by atoms with E-state index in [9.17, 15) is 9.59 Å². The monoisotopic (exact) mass is 349 g/mol. The molecule has 24 heavy (non-hydrogen) atoms. The smallest absolute Gasteiger partial charge is 0.261 e. The van der Waals surface area contributed by atoms with Crippen LogP contribution in [0, 0.1) is 5.92 Å². The standard InChI is InChI=1S/C14H19N7O2S/c15-14-17-18-19-21(14)9-12(22)20-5-1-3-10(8-20)7-16-13(23)11-4-2-6-24-11/h2,4,6,10H,1,3,5,7-9H2,(H,16,23)(H2,15,17,19)/t10-/m0/s1. The van der Waals surface area contributed by atoms with E-state index in [-0.39, 0.29) is 30.2 Å². The van der Waals surface area contributed by atoms with Gasteiger partial charge < -0.3 is 16.0 Å². The maximum absolute atomic E-state index is 12.4. The highest BCUT2D eigenvalue weighted by molar-refractivity contribution is 7.12. The van der Waals surface area contributed by atoms with Crippen molar-refractivity contribution in [2.75, 3.05) is 25.4 Å². The Morgan fingerprint density at radius 1 is 1.46 bits per heavy atom. The minimum absolute atomic E-state index is 0.0348. The van der Waals surface area contributed by atoms with Crippen LogP contribution in [0.25, 0.3) is 0 Å². The number of hydrogen-bond acceptors (Lipinski definition) is 7. The predicted molar refractivity (Wildman–Crippen MR) is 88.2 cm³/mol. The van der Waals surface area contributed by atoms with Crippen LogP contribution in [0.2, 0.25) is 0 Å². The number of nitrogens with one attached hydrogen (secondary N) is 1. The van der Waals surface area contributed by atoms with E-state index in [1.807, 2.05) is 11.4 Å². The number of nitrogen functional groups attached to an aromatic ring is 1. The number of thiophene rings is 1. The van der Waals surface area contributed by atoms with Crippen LogP contribution >= 0.6 is 11.3 Å². The first-order valence-electron chi connectivity index (χ1n) is 7.74. The van der Waals surface area contributed by atoms with Crippen molar-refractivity contribution in [1.29, 1.82) is 0 Å². The lowest BCUT2D eigenvalue weighted by Gasteiger charge is -2.32. The Bertz CT molecular complexity index is 700. The van der Waals surface area contributed by atoms with Crippen LogP contribution in [0.15, 0.2) is 17.5 Å². The molecule has 0 spiro atoms. The molecule has 3 N–H and O–H groups in total. The molecule has 2 amide bonds. The van der Waals surface area contributed by atoms with Crippen molar-refractivity contribution >= 4 is 29.1 Å². The second kappa shape index (κ2) is 7.39. The van der Waals surface area contributed by atoms with E-state index in [2.05, 4.69) is 20.8 Å². The van der Waals surface area contributed by atoms with Gasteiger partial charge >= 0.3 is 0 Å². The van der Waals surface area contributed by atoms with Gasteiger partial charge in [-0.3, -0.25) is 9.59 Å². The first kappa shape index (κ1) is 16.4. The van der Waals surface area contributed by atoms with Gasteiger partial charge in [0.1, 0.15) is 6.54 Å². The van der Waals surface area contributed by atoms with Crippen molar-refractivity contribution in [3.8, 4) is 0 Å². The van der Waals surface area contributed by atoms with Crippen LogP contribution in [0.5, 0.6) is 0 Å². The van der Waals surface area contributed by atoms with Gasteiger partial charge in [0.05, 0.1) is 4.88 Å². The number of piperidine rings is 1. The average molecular weight is 349 g/mol. The summed E-state index contributed by atoms with van der Waals surface area (Å²) in [6.45, 7) is 1.92. The summed E-state index contributed by atoms with van der Waals surface area (Å²) in [4.78, 5) is 26.8. The highest BCUT2D eigenvalue weighted by Crippen LogP contribution is 2.17. The molecule has 10 heteroatoms. The van der Waals surface area contributed by atoms with Crippen LogP contribution in [-0.4, -0.2) is 56.6 Å². The van der Waals surface area contributed by atoms with E-state index in [1.54, 1.807) is 11.0 Å². The van der Waals surface area contributed by atoms with Crippen LogP contribution in [-0.2, 0) is 11.3 Å². The number of tetrazole rings is 1. The summed E-state index contributed by atoms with van der Waals surface area (Å²) in [5.74, 6) is 0.246. The summed E-state index contributed by atoms with van der Waals surface area (Å²) < 4.78 is 1.28. The summed E-state index contributed by atoms with van der Waals surface area (Å²) in [7, 11) is 0. The Kier molecular flexibility index (Phi) is 5.04. The molecule has 0 radical (unpaired) electrons. The molecule has 0 bridgehead atoms. The molecule has 1 fully saturated rings. The highest BCUT2D eigenvalue weighted by atomic mass is 32.1. The lowest BCUT2D eigenvalue weighted by atomic mass is 9.98. The van der Waals surface area contributed by atoms with Crippen LogP contribution in [0.4, 0.5) is 5.95 Å². The van der Waals surface area contributed by atoms with Crippen LogP contribution in [0.3, 0.4) is 0 Å². The van der Waals surface area contributed by atoms with Crippen molar-refractivity contribution in [3.63, 3.8) is 0 Å². The molecule has 9 nitrogen and oxygen atoms in total. The van der Waals surface area contributed by atoms with Gasteiger partial charge in [-0.2, -0.15) is 0 Å². The maximum Gasteiger partial charge on any atom is 0.261 e. The number of likely N-dealkylation sites (tertiary alicyclic amines) is 1. The molecule has 1 saturated heterocycles. The number of rotatable bonds is 5. The normalized spacial score (nSPS) is 17.7. The molecule has 0 unspecified atom stereocenters. The van der Waals surface area contributed by atoms with Crippen molar-refractivity contribution in [1.82, 2.24) is 30.4 Å². The van der Waals surface area contributed by atoms with Gasteiger partial charge in [0, 0.05) is 19.6 Å². The zero-order valence-corrected chi connectivity index (χ0v) is 13.9. The molecular weight excluding hydrogens is 330 g/mol. The topological polar surface area (TPSA) is 119 Å². The molecule has 0 aromatic carbocycles. The number of aromatic nitrogens is 4. The quantitative estimate of drug-likeness (QED) is 0.783. The number of nitrogens with two attached hydrogens (primary N) is 1.